The molecule has 1 unspecified atom stereocenters. The van der Waals surface area contributed by atoms with Crippen LogP contribution in [0.2, 0.25) is 0 Å². The van der Waals surface area contributed by atoms with Crippen LogP contribution >= 0.6 is 31.9 Å². The first-order chi connectivity index (χ1) is 9.24. The molecule has 8 heteroatoms. The van der Waals surface area contributed by atoms with Crippen molar-refractivity contribution < 1.29 is 18.3 Å². The Hall–Kier alpha value is -0.440. The zero-order valence-corrected chi connectivity index (χ0v) is 14.8. The summed E-state index contributed by atoms with van der Waals surface area (Å²) in [5, 5.41) is 8.74. The van der Waals surface area contributed by atoms with Gasteiger partial charge in [0.15, 0.2) is 0 Å². The second kappa shape index (κ2) is 7.53. The molecule has 0 saturated carbocycles. The van der Waals surface area contributed by atoms with Crippen LogP contribution in [0.15, 0.2) is 32.0 Å². The largest absolute Gasteiger partial charge is 0.481 e. The zero-order valence-electron chi connectivity index (χ0n) is 10.8. The Morgan fingerprint density at radius 1 is 1.40 bits per heavy atom. The van der Waals surface area contributed by atoms with Crippen molar-refractivity contribution in [2.24, 2.45) is 5.92 Å². The summed E-state index contributed by atoms with van der Waals surface area (Å²) >= 11 is 6.43. The minimum atomic E-state index is -3.61. The Bertz CT molecular complexity index is 589. The fourth-order valence-corrected chi connectivity index (χ4v) is 4.07. The molecule has 0 spiro atoms. The van der Waals surface area contributed by atoms with Crippen LogP contribution in [0.3, 0.4) is 0 Å². The van der Waals surface area contributed by atoms with E-state index in [0.717, 1.165) is 0 Å². The van der Waals surface area contributed by atoms with Gasteiger partial charge in [-0.25, -0.2) is 13.1 Å². The first kappa shape index (κ1) is 17.6. The van der Waals surface area contributed by atoms with E-state index >= 15 is 0 Å². The number of hydrogen-bond acceptors (Lipinski definition) is 3. The van der Waals surface area contributed by atoms with Gasteiger partial charge in [-0.3, -0.25) is 4.79 Å². The maximum absolute atomic E-state index is 12.1. The number of sulfonamides is 1. The van der Waals surface area contributed by atoms with E-state index in [1.165, 1.54) is 6.07 Å². The van der Waals surface area contributed by atoms with E-state index in [1.807, 2.05) is 0 Å². The van der Waals surface area contributed by atoms with Gasteiger partial charge in [0, 0.05) is 15.5 Å². The molecule has 1 rings (SSSR count). The average Bonchev–Trinajstić information content (AvgIpc) is 2.37. The Balaban J connectivity index is 2.62. The highest BCUT2D eigenvalue weighted by molar-refractivity contribution is 9.11. The number of benzene rings is 1. The summed E-state index contributed by atoms with van der Waals surface area (Å²) in [6.45, 7) is 1.81. The molecule has 0 saturated heterocycles. The molecule has 1 aromatic carbocycles. The van der Waals surface area contributed by atoms with Crippen molar-refractivity contribution in [3.63, 3.8) is 0 Å². The molecule has 0 aliphatic rings. The molecular formula is C12H15Br2NO4S. The van der Waals surface area contributed by atoms with Gasteiger partial charge in [0.1, 0.15) is 0 Å². The van der Waals surface area contributed by atoms with Gasteiger partial charge >= 0.3 is 5.97 Å². The summed E-state index contributed by atoms with van der Waals surface area (Å²) in [6, 6.07) is 4.88. The molecule has 5 nitrogen and oxygen atoms in total. The number of carbonyl (C=O) groups is 1. The van der Waals surface area contributed by atoms with Crippen molar-refractivity contribution in [1.82, 2.24) is 4.72 Å². The molecule has 0 amide bonds. The molecule has 112 valence electrons. The molecule has 0 bridgehead atoms. The number of hydrogen-bond donors (Lipinski definition) is 2. The molecule has 1 atom stereocenters. The van der Waals surface area contributed by atoms with Crippen molar-refractivity contribution >= 4 is 47.9 Å². The molecule has 0 fully saturated rings. The van der Waals surface area contributed by atoms with Gasteiger partial charge in [-0.1, -0.05) is 22.9 Å². The minimum absolute atomic E-state index is 0.151. The third-order valence-electron chi connectivity index (χ3n) is 2.71. The van der Waals surface area contributed by atoms with E-state index in [2.05, 4.69) is 36.6 Å². The fraction of sp³-hybridized carbons (Fsp3) is 0.417. The van der Waals surface area contributed by atoms with Crippen LogP contribution in [0.4, 0.5) is 0 Å². The lowest BCUT2D eigenvalue weighted by Crippen LogP contribution is -2.26. The van der Waals surface area contributed by atoms with Crippen LogP contribution in [-0.2, 0) is 14.8 Å². The zero-order chi connectivity index (χ0) is 15.3. The monoisotopic (exact) mass is 427 g/mol. The lowest BCUT2D eigenvalue weighted by atomic mass is 10.1. The predicted octanol–water partition coefficient (Wildman–Crippen LogP) is 2.99. The number of rotatable bonds is 7. The van der Waals surface area contributed by atoms with Crippen molar-refractivity contribution in [1.29, 1.82) is 0 Å². The highest BCUT2D eigenvalue weighted by Gasteiger charge is 2.18. The Kier molecular flexibility index (Phi) is 6.63. The summed E-state index contributed by atoms with van der Waals surface area (Å²) in [5.74, 6) is -1.35. The van der Waals surface area contributed by atoms with Gasteiger partial charge in [-0.2, -0.15) is 0 Å². The summed E-state index contributed by atoms with van der Waals surface area (Å²) in [4.78, 5) is 10.8. The van der Waals surface area contributed by atoms with Crippen molar-refractivity contribution in [2.75, 3.05) is 6.54 Å². The van der Waals surface area contributed by atoms with Gasteiger partial charge < -0.3 is 5.11 Å². The second-order valence-electron chi connectivity index (χ2n) is 4.35. The van der Waals surface area contributed by atoms with Crippen LogP contribution in [0.5, 0.6) is 0 Å². The molecule has 0 aromatic heterocycles. The second-order valence-corrected chi connectivity index (χ2v) is 7.86. The lowest BCUT2D eigenvalue weighted by molar-refractivity contribution is -0.141. The van der Waals surface area contributed by atoms with E-state index < -0.39 is 21.9 Å². The molecule has 1 aromatic rings. The van der Waals surface area contributed by atoms with Crippen LogP contribution < -0.4 is 4.72 Å². The Morgan fingerprint density at radius 3 is 2.65 bits per heavy atom. The van der Waals surface area contributed by atoms with E-state index in [-0.39, 0.29) is 11.4 Å². The van der Waals surface area contributed by atoms with Gasteiger partial charge in [-0.05, 0) is 47.0 Å². The quantitative estimate of drug-likeness (QED) is 0.654. The summed E-state index contributed by atoms with van der Waals surface area (Å²) in [5.41, 5.74) is 0. The topological polar surface area (TPSA) is 83.5 Å². The summed E-state index contributed by atoms with van der Waals surface area (Å²) in [7, 11) is -3.61. The molecule has 0 heterocycles. The minimum Gasteiger partial charge on any atom is -0.481 e. The van der Waals surface area contributed by atoms with Crippen LogP contribution in [0.1, 0.15) is 19.8 Å². The van der Waals surface area contributed by atoms with Gasteiger partial charge in [0.2, 0.25) is 10.0 Å². The fourth-order valence-electron chi connectivity index (χ4n) is 1.50. The maximum Gasteiger partial charge on any atom is 0.306 e. The molecular weight excluding hydrogens is 414 g/mol. The Labute approximate surface area is 135 Å². The lowest BCUT2D eigenvalue weighted by Gasteiger charge is -2.10. The molecule has 0 radical (unpaired) electrons. The highest BCUT2D eigenvalue weighted by atomic mass is 79.9. The van der Waals surface area contributed by atoms with Crippen LogP contribution in [-0.4, -0.2) is 26.0 Å². The van der Waals surface area contributed by atoms with E-state index in [0.29, 0.717) is 21.8 Å². The van der Waals surface area contributed by atoms with Crippen LogP contribution in [0, 0.1) is 5.92 Å². The maximum atomic E-state index is 12.1. The molecule has 2 N–H and O–H groups in total. The first-order valence-electron chi connectivity index (χ1n) is 5.91. The summed E-state index contributed by atoms with van der Waals surface area (Å²) in [6.07, 6.45) is 0.899. The molecule has 0 aliphatic heterocycles. The highest BCUT2D eigenvalue weighted by Crippen LogP contribution is 2.25. The van der Waals surface area contributed by atoms with Crippen molar-refractivity contribution in [3.05, 3.63) is 27.1 Å². The standard InChI is InChI=1S/C12H15Br2NO4S/c1-8(12(16)17)3-2-6-15-20(18,19)11-7-9(13)4-5-10(11)14/h4-5,7-8,15H,2-3,6H2,1H3,(H,16,17). The smallest absolute Gasteiger partial charge is 0.306 e. The van der Waals surface area contributed by atoms with Crippen molar-refractivity contribution in [3.8, 4) is 0 Å². The van der Waals surface area contributed by atoms with E-state index in [9.17, 15) is 13.2 Å². The van der Waals surface area contributed by atoms with E-state index in [1.54, 1.807) is 19.1 Å². The third-order valence-corrected chi connectivity index (χ3v) is 5.66. The van der Waals surface area contributed by atoms with Gasteiger partial charge in [0.05, 0.1) is 10.8 Å². The van der Waals surface area contributed by atoms with Gasteiger partial charge in [0.25, 0.3) is 0 Å². The Morgan fingerprint density at radius 2 is 2.05 bits per heavy atom. The number of aliphatic carboxylic acids is 1. The van der Waals surface area contributed by atoms with Crippen molar-refractivity contribution in [2.45, 2.75) is 24.7 Å². The molecule has 0 aliphatic carbocycles. The predicted molar refractivity (Wildman–Crippen MR) is 83.1 cm³/mol. The third kappa shape index (κ3) is 5.16. The number of nitrogens with one attached hydrogen (secondary N) is 1. The van der Waals surface area contributed by atoms with Crippen LogP contribution in [0.25, 0.3) is 0 Å². The average molecular weight is 429 g/mol. The normalized spacial score (nSPS) is 13.2. The van der Waals surface area contributed by atoms with Gasteiger partial charge in [-0.15, -0.1) is 0 Å². The number of carboxylic acid groups (broad SMARTS) is 1. The summed E-state index contributed by atoms with van der Waals surface area (Å²) < 4.78 is 27.8. The number of carboxylic acids is 1. The van der Waals surface area contributed by atoms with E-state index in [4.69, 9.17) is 5.11 Å². The number of halogens is 2. The molecule has 20 heavy (non-hydrogen) atoms. The first-order valence-corrected chi connectivity index (χ1v) is 8.98. The SMILES string of the molecule is CC(CCCNS(=O)(=O)c1cc(Br)ccc1Br)C(=O)O.